The number of hydrogen-bond donors (Lipinski definition) is 0. The van der Waals surface area contributed by atoms with E-state index in [0.717, 1.165) is 21.5 Å². The topological polar surface area (TPSA) is 70.2 Å². The normalized spacial score (nSPS) is 14.2. The van der Waals surface area contributed by atoms with Crippen molar-refractivity contribution in [1.82, 2.24) is 9.21 Å². The third-order valence-corrected chi connectivity index (χ3v) is 8.71. The van der Waals surface area contributed by atoms with E-state index in [-0.39, 0.29) is 23.9 Å². The van der Waals surface area contributed by atoms with E-state index in [1.807, 2.05) is 54.6 Å². The van der Waals surface area contributed by atoms with E-state index in [0.29, 0.717) is 32.6 Å². The molecule has 0 atom stereocenters. The second-order valence-corrected chi connectivity index (χ2v) is 11.4. The average Bonchev–Trinajstić information content (AvgIpc) is 2.92. The minimum Gasteiger partial charge on any atom is -0.497 e. The van der Waals surface area contributed by atoms with Crippen LogP contribution in [-0.2, 0) is 21.2 Å². The van der Waals surface area contributed by atoms with Gasteiger partial charge in [0.05, 0.1) is 18.6 Å². The standard InChI is InChI=1S/C27H30BrN3O4S/c1-35-25-11-9-24(10-12-25)29-17-19-30(20-18-29)27(32)21-31(16-15-22-5-3-2-4-6-22)36(33,34)26-13-7-23(28)8-14-26/h2-14H,15-21H2,1H3. The van der Waals surface area contributed by atoms with Gasteiger partial charge in [0.1, 0.15) is 5.75 Å². The van der Waals surface area contributed by atoms with Crippen molar-refractivity contribution in [3.05, 3.63) is 88.9 Å². The minimum atomic E-state index is -3.84. The number of anilines is 1. The molecule has 1 saturated heterocycles. The lowest BCUT2D eigenvalue weighted by Gasteiger charge is -2.37. The molecule has 0 N–H and O–H groups in total. The second-order valence-electron chi connectivity index (χ2n) is 8.59. The number of ether oxygens (including phenoxy) is 1. The summed E-state index contributed by atoms with van der Waals surface area (Å²) in [5.74, 6) is 0.619. The molecule has 0 saturated carbocycles. The van der Waals surface area contributed by atoms with E-state index >= 15 is 0 Å². The molecular weight excluding hydrogens is 542 g/mol. The molecule has 0 bridgehead atoms. The molecule has 1 aliphatic heterocycles. The number of piperazine rings is 1. The van der Waals surface area contributed by atoms with Gasteiger partial charge in [-0.2, -0.15) is 4.31 Å². The first kappa shape index (κ1) is 26.2. The summed E-state index contributed by atoms with van der Waals surface area (Å²) >= 11 is 3.35. The van der Waals surface area contributed by atoms with E-state index in [9.17, 15) is 13.2 Å². The third kappa shape index (κ3) is 6.46. The lowest BCUT2D eigenvalue weighted by atomic mass is 10.1. The summed E-state index contributed by atoms with van der Waals surface area (Å²) in [5.41, 5.74) is 2.10. The number of methoxy groups -OCH3 is 1. The van der Waals surface area contributed by atoms with Crippen molar-refractivity contribution in [1.29, 1.82) is 0 Å². The van der Waals surface area contributed by atoms with E-state index in [1.165, 1.54) is 4.31 Å². The summed E-state index contributed by atoms with van der Waals surface area (Å²) < 4.78 is 34.3. The van der Waals surface area contributed by atoms with Gasteiger partial charge in [-0.15, -0.1) is 0 Å². The van der Waals surface area contributed by atoms with Crippen molar-refractivity contribution < 1.29 is 17.9 Å². The number of sulfonamides is 1. The molecule has 4 rings (SSSR count). The first-order valence-electron chi connectivity index (χ1n) is 11.8. The largest absolute Gasteiger partial charge is 0.497 e. The highest BCUT2D eigenvalue weighted by atomic mass is 79.9. The Morgan fingerprint density at radius 2 is 1.56 bits per heavy atom. The zero-order valence-corrected chi connectivity index (χ0v) is 22.6. The molecule has 3 aromatic rings. The molecule has 3 aromatic carbocycles. The molecule has 9 heteroatoms. The van der Waals surface area contributed by atoms with Gasteiger partial charge in [0.15, 0.2) is 0 Å². The molecule has 0 unspecified atom stereocenters. The maximum atomic E-state index is 13.5. The SMILES string of the molecule is COc1ccc(N2CCN(C(=O)CN(CCc3ccccc3)S(=O)(=O)c3ccc(Br)cc3)CC2)cc1. The molecule has 190 valence electrons. The highest BCUT2D eigenvalue weighted by molar-refractivity contribution is 9.10. The Balaban J connectivity index is 1.44. The lowest BCUT2D eigenvalue weighted by molar-refractivity contribution is -0.131. The summed E-state index contributed by atoms with van der Waals surface area (Å²) in [6.45, 7) is 2.47. The first-order valence-corrected chi connectivity index (χ1v) is 14.1. The van der Waals surface area contributed by atoms with Crippen molar-refractivity contribution in [3.8, 4) is 5.75 Å². The number of carbonyl (C=O) groups excluding carboxylic acids is 1. The van der Waals surface area contributed by atoms with Gasteiger partial charge < -0.3 is 14.5 Å². The van der Waals surface area contributed by atoms with Crippen molar-refractivity contribution >= 4 is 37.5 Å². The van der Waals surface area contributed by atoms with Gasteiger partial charge in [-0.1, -0.05) is 46.3 Å². The minimum absolute atomic E-state index is 0.177. The Labute approximate surface area is 221 Å². The molecule has 36 heavy (non-hydrogen) atoms. The van der Waals surface area contributed by atoms with E-state index in [1.54, 1.807) is 36.3 Å². The van der Waals surface area contributed by atoms with Crippen molar-refractivity contribution in [2.24, 2.45) is 0 Å². The zero-order valence-electron chi connectivity index (χ0n) is 20.2. The van der Waals surface area contributed by atoms with Gasteiger partial charge in [0.25, 0.3) is 0 Å². The molecule has 0 aromatic heterocycles. The molecule has 1 aliphatic rings. The van der Waals surface area contributed by atoms with Crippen LogP contribution in [0.3, 0.4) is 0 Å². The molecule has 0 aliphatic carbocycles. The van der Waals surface area contributed by atoms with Crippen LogP contribution in [0.5, 0.6) is 5.75 Å². The Morgan fingerprint density at radius 1 is 0.917 bits per heavy atom. The van der Waals surface area contributed by atoms with Crippen LogP contribution < -0.4 is 9.64 Å². The molecule has 1 heterocycles. The fraction of sp³-hybridized carbons (Fsp3) is 0.296. The van der Waals surface area contributed by atoms with Crippen LogP contribution in [0.25, 0.3) is 0 Å². The van der Waals surface area contributed by atoms with Gasteiger partial charge in [-0.3, -0.25) is 4.79 Å². The Bertz CT molecular complexity index is 1240. The van der Waals surface area contributed by atoms with Crippen LogP contribution >= 0.6 is 15.9 Å². The van der Waals surface area contributed by atoms with E-state index < -0.39 is 10.0 Å². The number of amides is 1. The number of hydrogen-bond acceptors (Lipinski definition) is 5. The van der Waals surface area contributed by atoms with Crippen LogP contribution in [-0.4, -0.2) is 69.9 Å². The molecule has 7 nitrogen and oxygen atoms in total. The predicted molar refractivity (Wildman–Crippen MR) is 145 cm³/mol. The van der Waals surface area contributed by atoms with Crippen LogP contribution in [0.2, 0.25) is 0 Å². The summed E-state index contributed by atoms with van der Waals surface area (Å²) in [6, 6.07) is 24.1. The fourth-order valence-electron chi connectivity index (χ4n) is 4.20. The third-order valence-electron chi connectivity index (χ3n) is 6.33. The smallest absolute Gasteiger partial charge is 0.243 e. The Morgan fingerprint density at radius 3 is 2.17 bits per heavy atom. The highest BCUT2D eigenvalue weighted by Gasteiger charge is 2.29. The zero-order chi connectivity index (χ0) is 25.5. The van der Waals surface area contributed by atoms with Crippen LogP contribution in [0.4, 0.5) is 5.69 Å². The summed E-state index contributed by atoms with van der Waals surface area (Å²) in [6.07, 6.45) is 0.523. The number of benzene rings is 3. The number of carbonyl (C=O) groups is 1. The summed E-state index contributed by atoms with van der Waals surface area (Å²) in [5, 5.41) is 0. The number of halogens is 1. The van der Waals surface area contributed by atoms with Gasteiger partial charge in [0, 0.05) is 42.9 Å². The van der Waals surface area contributed by atoms with Crippen molar-refractivity contribution in [2.75, 3.05) is 51.3 Å². The van der Waals surface area contributed by atoms with Gasteiger partial charge in [-0.25, -0.2) is 8.42 Å². The molecule has 0 radical (unpaired) electrons. The fourth-order valence-corrected chi connectivity index (χ4v) is 5.85. The summed E-state index contributed by atoms with van der Waals surface area (Å²) in [7, 11) is -2.20. The maximum absolute atomic E-state index is 13.5. The molecule has 1 fully saturated rings. The van der Waals surface area contributed by atoms with Crippen molar-refractivity contribution in [3.63, 3.8) is 0 Å². The monoisotopic (exact) mass is 571 g/mol. The van der Waals surface area contributed by atoms with E-state index in [2.05, 4.69) is 20.8 Å². The summed E-state index contributed by atoms with van der Waals surface area (Å²) in [4.78, 5) is 17.4. The number of rotatable bonds is 9. The maximum Gasteiger partial charge on any atom is 0.243 e. The average molecular weight is 573 g/mol. The quantitative estimate of drug-likeness (QED) is 0.387. The van der Waals surface area contributed by atoms with E-state index in [4.69, 9.17) is 4.74 Å². The van der Waals surface area contributed by atoms with Gasteiger partial charge >= 0.3 is 0 Å². The van der Waals surface area contributed by atoms with Crippen LogP contribution in [0, 0.1) is 0 Å². The lowest BCUT2D eigenvalue weighted by Crippen LogP contribution is -2.52. The van der Waals surface area contributed by atoms with Crippen LogP contribution in [0.1, 0.15) is 5.56 Å². The predicted octanol–water partition coefficient (Wildman–Crippen LogP) is 4.04. The Hall–Kier alpha value is -2.88. The molecule has 1 amide bonds. The van der Waals surface area contributed by atoms with Crippen molar-refractivity contribution in [2.45, 2.75) is 11.3 Å². The van der Waals surface area contributed by atoms with Gasteiger partial charge in [-0.05, 0) is 60.5 Å². The number of nitrogens with zero attached hydrogens (tertiary/aromatic N) is 3. The molecular formula is C27H30BrN3O4S. The van der Waals surface area contributed by atoms with Gasteiger partial charge in [0.2, 0.25) is 15.9 Å². The first-order chi connectivity index (χ1) is 17.4. The highest BCUT2D eigenvalue weighted by Crippen LogP contribution is 2.22. The molecule has 0 spiro atoms. The second kappa shape index (κ2) is 11.9. The Kier molecular flexibility index (Phi) is 8.66. The van der Waals surface area contributed by atoms with Crippen LogP contribution in [0.15, 0.2) is 88.2 Å².